The molecule has 1 amide bonds. The van der Waals surface area contributed by atoms with Crippen LogP contribution in [0.25, 0.3) is 0 Å². The lowest BCUT2D eigenvalue weighted by Gasteiger charge is -2.29. The number of halogens is 4. The number of methoxy groups -OCH3 is 2. The fourth-order valence-electron chi connectivity index (χ4n) is 4.51. The fourth-order valence-corrected chi connectivity index (χ4v) is 4.51. The Labute approximate surface area is 243 Å². The maximum atomic E-state index is 15.2. The van der Waals surface area contributed by atoms with Crippen molar-refractivity contribution >= 4 is 35.2 Å². The largest absolute Gasteiger partial charge is 0.493 e. The van der Waals surface area contributed by atoms with Crippen LogP contribution in [0.2, 0.25) is 0 Å². The summed E-state index contributed by atoms with van der Waals surface area (Å²) in [5.74, 6) is -7.90. The Morgan fingerprint density at radius 2 is 1.67 bits per heavy atom. The molecule has 0 spiro atoms. The van der Waals surface area contributed by atoms with Gasteiger partial charge in [0.2, 0.25) is 5.91 Å². The lowest BCUT2D eigenvalue weighted by atomic mass is 9.84. The van der Waals surface area contributed by atoms with Gasteiger partial charge in [0.1, 0.15) is 12.4 Å². The third-order valence-corrected chi connectivity index (χ3v) is 6.53. The number of carbonyl (C=O) groups excluding carboxylic acids is 3. The summed E-state index contributed by atoms with van der Waals surface area (Å²) in [7, 11) is 2.53. The third kappa shape index (κ3) is 6.70. The molecule has 0 aliphatic carbocycles. The molecule has 0 bridgehead atoms. The molecule has 0 atom stereocenters. The second kappa shape index (κ2) is 11.9. The Morgan fingerprint density at radius 1 is 1.05 bits per heavy atom. The molecule has 2 aromatic carbocycles. The van der Waals surface area contributed by atoms with E-state index >= 15 is 4.39 Å². The second-order valence-corrected chi connectivity index (χ2v) is 10.6. The molecule has 0 saturated carbocycles. The number of carboxylic acids is 1. The van der Waals surface area contributed by atoms with Gasteiger partial charge in [-0.2, -0.15) is 13.2 Å². The third-order valence-electron chi connectivity index (χ3n) is 6.53. The molecule has 0 saturated heterocycles. The van der Waals surface area contributed by atoms with Crippen molar-refractivity contribution in [3.05, 3.63) is 46.3 Å². The number of carbonyl (C=O) groups is 4. The highest BCUT2D eigenvalue weighted by atomic mass is 19.4. The predicted molar refractivity (Wildman–Crippen MR) is 144 cm³/mol. The molecule has 43 heavy (non-hydrogen) atoms. The molecule has 3 rings (SSSR count). The smallest absolute Gasteiger partial charge is 0.491 e. The van der Waals surface area contributed by atoms with Crippen LogP contribution in [-0.2, 0) is 26.3 Å². The Hall–Kier alpha value is -4.69. The van der Waals surface area contributed by atoms with E-state index in [1.54, 1.807) is 0 Å². The van der Waals surface area contributed by atoms with E-state index in [2.05, 4.69) is 0 Å². The van der Waals surface area contributed by atoms with E-state index < -0.39 is 65.6 Å². The molecule has 15 heteroatoms. The molecule has 1 heterocycles. The summed E-state index contributed by atoms with van der Waals surface area (Å²) in [5, 5.41) is 17.9. The van der Waals surface area contributed by atoms with Gasteiger partial charge < -0.3 is 24.2 Å². The average Bonchev–Trinajstić information content (AvgIpc) is 3.20. The predicted octanol–water partition coefficient (Wildman–Crippen LogP) is 4.07. The number of fused-ring (bicyclic) bond motifs is 1. The number of benzene rings is 2. The van der Waals surface area contributed by atoms with Crippen LogP contribution < -0.4 is 19.1 Å². The van der Waals surface area contributed by atoms with E-state index in [9.17, 15) is 37.5 Å². The number of aliphatic carboxylic acids is 1. The molecule has 2 aromatic rings. The summed E-state index contributed by atoms with van der Waals surface area (Å²) < 4.78 is 69.7. The molecule has 0 fully saturated rings. The van der Waals surface area contributed by atoms with Gasteiger partial charge in [-0.3, -0.25) is 24.7 Å². The lowest BCUT2D eigenvalue weighted by molar-refractivity contribution is -0.189. The minimum absolute atomic E-state index is 0.0734. The number of nitrogens with one attached hydrogen (secondary N) is 1. The van der Waals surface area contributed by atoms with Crippen molar-refractivity contribution in [3.63, 3.8) is 0 Å². The van der Waals surface area contributed by atoms with E-state index in [1.807, 2.05) is 0 Å². The quantitative estimate of drug-likeness (QED) is 0.185. The van der Waals surface area contributed by atoms with Crippen LogP contribution in [0.1, 0.15) is 54.7 Å². The van der Waals surface area contributed by atoms with Crippen molar-refractivity contribution < 1.29 is 56.1 Å². The highest BCUT2D eigenvalue weighted by Gasteiger charge is 2.43. The number of amides is 1. The van der Waals surface area contributed by atoms with Crippen molar-refractivity contribution in [2.75, 3.05) is 32.2 Å². The van der Waals surface area contributed by atoms with Crippen molar-refractivity contribution in [2.24, 2.45) is 0 Å². The molecular weight excluding hydrogens is 582 g/mol. The molecule has 0 radical (unpaired) electrons. The van der Waals surface area contributed by atoms with Crippen LogP contribution in [0.4, 0.5) is 23.2 Å². The first-order valence-electron chi connectivity index (χ1n) is 12.6. The first-order valence-corrected chi connectivity index (χ1v) is 12.6. The monoisotopic (exact) mass is 611 g/mol. The van der Waals surface area contributed by atoms with Gasteiger partial charge in [0, 0.05) is 24.6 Å². The van der Waals surface area contributed by atoms with E-state index in [-0.39, 0.29) is 40.6 Å². The van der Waals surface area contributed by atoms with Gasteiger partial charge in [0.25, 0.3) is 0 Å². The summed E-state index contributed by atoms with van der Waals surface area (Å²) in [6.45, 7) is 3.95. The molecule has 2 N–H and O–H groups in total. The SMILES string of the molecule is COc1cc2c(c(F)c1OC)C(=N)N(CC(=O)c1cc(N(CC(=O)O)C(C)=O)c(OC(=O)C(F)(F)F)c(C(C)(C)C)c1)C2. The number of ketones is 1. The van der Waals surface area contributed by atoms with Crippen LogP contribution in [0, 0.1) is 11.2 Å². The zero-order valence-corrected chi connectivity index (χ0v) is 24.1. The van der Waals surface area contributed by atoms with Crippen LogP contribution in [0.5, 0.6) is 17.2 Å². The van der Waals surface area contributed by atoms with Gasteiger partial charge in [0.15, 0.2) is 28.8 Å². The number of esters is 1. The maximum absolute atomic E-state index is 15.2. The van der Waals surface area contributed by atoms with Gasteiger partial charge in [-0.15, -0.1) is 0 Å². The summed E-state index contributed by atoms with van der Waals surface area (Å²) in [5.41, 5.74) is -1.72. The minimum Gasteiger partial charge on any atom is -0.493 e. The number of hydrogen-bond donors (Lipinski definition) is 2. The number of alkyl halides is 3. The number of Topliss-reactive ketones (excluding diaryl/α,β-unsaturated/α-hetero) is 1. The van der Waals surface area contributed by atoms with E-state index in [4.69, 9.17) is 19.6 Å². The van der Waals surface area contributed by atoms with Crippen molar-refractivity contribution in [2.45, 2.75) is 45.8 Å². The number of nitrogens with zero attached hydrogens (tertiary/aromatic N) is 2. The zero-order valence-electron chi connectivity index (χ0n) is 24.1. The number of ether oxygens (including phenoxy) is 3. The first kappa shape index (κ1) is 32.8. The summed E-state index contributed by atoms with van der Waals surface area (Å²) in [6, 6.07) is 3.58. The first-order chi connectivity index (χ1) is 19.8. The number of hydrogen-bond acceptors (Lipinski definition) is 8. The summed E-state index contributed by atoms with van der Waals surface area (Å²) >= 11 is 0. The highest BCUT2D eigenvalue weighted by Crippen LogP contribution is 2.42. The molecule has 0 unspecified atom stereocenters. The van der Waals surface area contributed by atoms with Crippen molar-refractivity contribution in [1.82, 2.24) is 4.90 Å². The average molecular weight is 612 g/mol. The van der Waals surface area contributed by atoms with E-state index in [1.165, 1.54) is 52.0 Å². The number of amidine groups is 1. The van der Waals surface area contributed by atoms with Crippen molar-refractivity contribution in [1.29, 1.82) is 5.41 Å². The van der Waals surface area contributed by atoms with Crippen LogP contribution in [-0.4, -0.2) is 73.0 Å². The molecule has 1 aliphatic heterocycles. The number of rotatable bonds is 9. The van der Waals surface area contributed by atoms with E-state index in [0.717, 1.165) is 13.0 Å². The Balaban J connectivity index is 2.14. The molecule has 1 aliphatic rings. The Kier molecular flexibility index (Phi) is 9.08. The van der Waals surface area contributed by atoms with Gasteiger partial charge in [-0.05, 0) is 29.2 Å². The topological polar surface area (TPSA) is 147 Å². The van der Waals surface area contributed by atoms with Gasteiger partial charge in [-0.25, -0.2) is 9.18 Å². The number of carboxylic acid groups (broad SMARTS) is 1. The number of anilines is 1. The second-order valence-electron chi connectivity index (χ2n) is 10.6. The van der Waals surface area contributed by atoms with Gasteiger partial charge in [-0.1, -0.05) is 20.8 Å². The Morgan fingerprint density at radius 3 is 2.16 bits per heavy atom. The zero-order chi connectivity index (χ0) is 32.6. The highest BCUT2D eigenvalue weighted by molar-refractivity contribution is 6.07. The van der Waals surface area contributed by atoms with E-state index in [0.29, 0.717) is 10.5 Å². The Bertz CT molecular complexity index is 1520. The standard InChI is InChI=1S/C28H29F4N3O8/c1-13(36)35(12-20(38)39)17-8-14(7-16(27(2,3)4)23(17)43-26(40)28(30,31)32)18(37)11-34-10-15-9-19(41-5)24(42-6)22(29)21(15)25(34)33/h7-9,33H,10-12H2,1-6H3,(H,38,39). The van der Waals surface area contributed by atoms with Gasteiger partial charge >= 0.3 is 18.1 Å². The minimum atomic E-state index is -5.43. The molecule has 11 nitrogen and oxygen atoms in total. The summed E-state index contributed by atoms with van der Waals surface area (Å²) in [6.07, 6.45) is -5.43. The van der Waals surface area contributed by atoms with Crippen molar-refractivity contribution in [3.8, 4) is 17.2 Å². The normalized spacial score (nSPS) is 13.0. The fraction of sp³-hybridized carbons (Fsp3) is 0.393. The molecule has 0 aromatic heterocycles. The van der Waals surface area contributed by atoms with Gasteiger partial charge in [0.05, 0.1) is 32.0 Å². The maximum Gasteiger partial charge on any atom is 0.491 e. The van der Waals surface area contributed by atoms with Crippen LogP contribution >= 0.6 is 0 Å². The summed E-state index contributed by atoms with van der Waals surface area (Å²) in [4.78, 5) is 51.3. The van der Waals surface area contributed by atoms with Crippen LogP contribution in [0.3, 0.4) is 0 Å². The molecular formula is C28H29F4N3O8. The molecule has 232 valence electrons. The lowest BCUT2D eigenvalue weighted by Crippen LogP contribution is -2.36. The van der Waals surface area contributed by atoms with Crippen LogP contribution in [0.15, 0.2) is 18.2 Å².